The van der Waals surface area contributed by atoms with Gasteiger partial charge in [-0.05, 0) is 12.1 Å². The number of benzene rings is 1. The van der Waals surface area contributed by atoms with Crippen molar-refractivity contribution in [3.8, 4) is 0 Å². The third-order valence-electron chi connectivity index (χ3n) is 2.64. The first kappa shape index (κ1) is 13.1. The number of anilines is 1. The monoisotopic (exact) mass is 305 g/mol. The first-order valence-corrected chi connectivity index (χ1v) is 6.11. The average molecular weight is 306 g/mol. The number of nitrogens with one attached hydrogen (secondary N) is 2. The molecule has 0 atom stereocenters. The van der Waals surface area contributed by atoms with Crippen LogP contribution in [0.3, 0.4) is 0 Å². The summed E-state index contributed by atoms with van der Waals surface area (Å²) in [5.41, 5.74) is 4.82. The molecule has 10 heteroatoms. The van der Waals surface area contributed by atoms with Gasteiger partial charge in [0.25, 0.3) is 0 Å². The number of nitrogens with two attached hydrogens (primary N) is 1. The molecule has 21 heavy (non-hydrogen) atoms. The summed E-state index contributed by atoms with van der Waals surface area (Å²) < 4.78 is 0.900. The third kappa shape index (κ3) is 2.30. The molecule has 2 aromatic heterocycles. The Bertz CT molecular complexity index is 969. The lowest BCUT2D eigenvalue weighted by Gasteiger charge is -1.95. The molecule has 0 saturated carbocycles. The summed E-state index contributed by atoms with van der Waals surface area (Å²) in [4.78, 5) is 27.3. The highest BCUT2D eigenvalue weighted by Gasteiger charge is 2.13. The van der Waals surface area contributed by atoms with Gasteiger partial charge >= 0.3 is 11.4 Å². The van der Waals surface area contributed by atoms with E-state index in [4.69, 9.17) is 17.3 Å². The van der Waals surface area contributed by atoms with Gasteiger partial charge in [0.1, 0.15) is 5.69 Å². The van der Waals surface area contributed by atoms with Gasteiger partial charge in [0.05, 0.1) is 5.02 Å². The van der Waals surface area contributed by atoms with E-state index in [-0.39, 0.29) is 17.2 Å². The molecule has 0 fully saturated rings. The van der Waals surface area contributed by atoms with E-state index in [2.05, 4.69) is 20.3 Å². The third-order valence-corrected chi connectivity index (χ3v) is 2.96. The van der Waals surface area contributed by atoms with E-state index in [1.165, 1.54) is 0 Å². The number of H-pyrrole nitrogens is 2. The summed E-state index contributed by atoms with van der Waals surface area (Å²) in [5.74, 6) is -0.0434. The van der Waals surface area contributed by atoms with E-state index in [9.17, 15) is 9.59 Å². The maximum absolute atomic E-state index is 11.6. The van der Waals surface area contributed by atoms with Crippen LogP contribution in [0.4, 0.5) is 17.2 Å². The lowest BCUT2D eigenvalue weighted by atomic mass is 10.3. The Balaban J connectivity index is 2.17. The van der Waals surface area contributed by atoms with Crippen LogP contribution in [0.5, 0.6) is 0 Å². The van der Waals surface area contributed by atoms with Gasteiger partial charge < -0.3 is 5.73 Å². The number of fused-ring (bicyclic) bond motifs is 1. The summed E-state index contributed by atoms with van der Waals surface area (Å²) in [6.45, 7) is 0. The van der Waals surface area contributed by atoms with E-state index in [1.54, 1.807) is 24.3 Å². The van der Waals surface area contributed by atoms with Gasteiger partial charge in [0.15, 0.2) is 17.2 Å². The topological polar surface area (TPSA) is 134 Å². The van der Waals surface area contributed by atoms with Crippen LogP contribution in [0.15, 0.2) is 44.1 Å². The number of nitrogens with zero attached hydrogens (tertiary/aromatic N) is 4. The maximum atomic E-state index is 11.6. The van der Waals surface area contributed by atoms with Gasteiger partial charge in [-0.2, -0.15) is 4.52 Å². The molecule has 0 aliphatic heterocycles. The fourth-order valence-electron chi connectivity index (χ4n) is 1.71. The number of nitrogen functional groups attached to an aromatic ring is 1. The summed E-state index contributed by atoms with van der Waals surface area (Å²) in [6.07, 6.45) is 0. The zero-order valence-corrected chi connectivity index (χ0v) is 11.1. The minimum atomic E-state index is -0.723. The Kier molecular flexibility index (Phi) is 3.03. The van der Waals surface area contributed by atoms with Crippen LogP contribution in [0.25, 0.3) is 5.65 Å². The highest BCUT2D eigenvalue weighted by Crippen LogP contribution is 2.29. The Labute approximate surface area is 121 Å². The fourth-order valence-corrected chi connectivity index (χ4v) is 1.88. The molecule has 1 aromatic carbocycles. The van der Waals surface area contributed by atoms with Crippen LogP contribution in [0.1, 0.15) is 0 Å². The first-order chi connectivity index (χ1) is 10.1. The number of azo groups is 1. The number of hydrogen-bond acceptors (Lipinski definition) is 6. The SMILES string of the molecule is Nc1nn2c(=O)[nH]c(=O)[nH]c2c1N=Nc1ccccc1Cl. The second-order valence-electron chi connectivity index (χ2n) is 4.03. The number of hydrogen-bond donors (Lipinski definition) is 3. The van der Waals surface area contributed by atoms with Crippen molar-refractivity contribution in [2.24, 2.45) is 10.2 Å². The van der Waals surface area contributed by atoms with Crippen molar-refractivity contribution in [3.05, 3.63) is 50.3 Å². The minimum Gasteiger partial charge on any atom is -0.380 e. The Hall–Kier alpha value is -2.94. The molecule has 0 unspecified atom stereocenters. The molecule has 9 nitrogen and oxygen atoms in total. The lowest BCUT2D eigenvalue weighted by Crippen LogP contribution is -2.28. The van der Waals surface area contributed by atoms with Gasteiger partial charge in [-0.25, -0.2) is 9.59 Å². The summed E-state index contributed by atoms with van der Waals surface area (Å²) >= 11 is 5.95. The smallest absolute Gasteiger partial charge is 0.352 e. The molecule has 2 heterocycles. The quantitative estimate of drug-likeness (QED) is 0.616. The Morgan fingerprint density at radius 3 is 2.71 bits per heavy atom. The summed E-state index contributed by atoms with van der Waals surface area (Å²) in [5, 5.41) is 12.0. The van der Waals surface area contributed by atoms with Crippen LogP contribution < -0.4 is 17.1 Å². The molecule has 0 spiro atoms. The first-order valence-electron chi connectivity index (χ1n) is 5.73. The van der Waals surface area contributed by atoms with Gasteiger partial charge in [0, 0.05) is 0 Å². The zero-order valence-electron chi connectivity index (χ0n) is 10.4. The molecular weight excluding hydrogens is 298 g/mol. The van der Waals surface area contributed by atoms with Crippen LogP contribution >= 0.6 is 11.6 Å². The molecule has 0 aliphatic rings. The highest BCUT2D eigenvalue weighted by molar-refractivity contribution is 6.32. The van der Waals surface area contributed by atoms with Crippen molar-refractivity contribution in [3.63, 3.8) is 0 Å². The van der Waals surface area contributed by atoms with Crippen molar-refractivity contribution < 1.29 is 0 Å². The molecule has 0 bridgehead atoms. The van der Waals surface area contributed by atoms with Gasteiger partial charge in [-0.3, -0.25) is 9.97 Å². The van der Waals surface area contributed by atoms with Crippen LogP contribution in [0, 0.1) is 0 Å². The standard InChI is InChI=1S/C11H8ClN7O2/c12-5-3-1-2-4-6(5)16-17-7-8(13)18-19-9(7)14-10(20)15-11(19)21/h1-4H,(H2,13,18)(H2,14,15,20,21). The van der Waals surface area contributed by atoms with Crippen LogP contribution in [0.2, 0.25) is 5.02 Å². The van der Waals surface area contributed by atoms with E-state index in [0.29, 0.717) is 10.7 Å². The summed E-state index contributed by atoms with van der Waals surface area (Å²) in [6, 6.07) is 6.81. The van der Waals surface area contributed by atoms with Gasteiger partial charge in [0.2, 0.25) is 0 Å². The van der Waals surface area contributed by atoms with E-state index in [0.717, 1.165) is 4.52 Å². The van der Waals surface area contributed by atoms with Crippen molar-refractivity contribution >= 4 is 34.4 Å². The predicted octanol–water partition coefficient (Wildman–Crippen LogP) is 1.36. The molecule has 0 aliphatic carbocycles. The molecular formula is C11H8ClN7O2. The van der Waals surface area contributed by atoms with E-state index in [1.807, 2.05) is 4.98 Å². The predicted molar refractivity (Wildman–Crippen MR) is 76.5 cm³/mol. The molecule has 106 valence electrons. The molecule has 3 rings (SSSR count). The minimum absolute atomic E-state index is 0.0434. The highest BCUT2D eigenvalue weighted by atomic mass is 35.5. The zero-order chi connectivity index (χ0) is 15.0. The maximum Gasteiger partial charge on any atom is 0.352 e. The van der Waals surface area contributed by atoms with E-state index < -0.39 is 11.4 Å². The largest absolute Gasteiger partial charge is 0.380 e. The fraction of sp³-hybridized carbons (Fsp3) is 0. The number of rotatable bonds is 2. The summed E-state index contributed by atoms with van der Waals surface area (Å²) in [7, 11) is 0. The number of aromatic amines is 2. The number of halogens is 1. The Morgan fingerprint density at radius 2 is 1.95 bits per heavy atom. The second kappa shape index (κ2) is 4.87. The van der Waals surface area contributed by atoms with Crippen LogP contribution in [-0.4, -0.2) is 19.6 Å². The second-order valence-corrected chi connectivity index (χ2v) is 4.44. The van der Waals surface area contributed by atoms with Gasteiger partial charge in [-0.1, -0.05) is 23.7 Å². The van der Waals surface area contributed by atoms with Crippen molar-refractivity contribution in [2.75, 3.05) is 5.73 Å². The van der Waals surface area contributed by atoms with Crippen molar-refractivity contribution in [2.45, 2.75) is 0 Å². The lowest BCUT2D eigenvalue weighted by molar-refractivity contribution is 0.824. The van der Waals surface area contributed by atoms with Crippen LogP contribution in [-0.2, 0) is 0 Å². The average Bonchev–Trinajstić information content (AvgIpc) is 2.75. The molecule has 0 amide bonds. The van der Waals surface area contributed by atoms with Crippen molar-refractivity contribution in [1.82, 2.24) is 19.6 Å². The molecule has 0 saturated heterocycles. The Morgan fingerprint density at radius 1 is 1.19 bits per heavy atom. The normalized spacial score (nSPS) is 11.5. The van der Waals surface area contributed by atoms with E-state index >= 15 is 0 Å². The molecule has 3 aromatic rings. The van der Waals surface area contributed by atoms with Crippen molar-refractivity contribution in [1.29, 1.82) is 0 Å². The van der Waals surface area contributed by atoms with Gasteiger partial charge in [-0.15, -0.1) is 15.3 Å². The molecule has 4 N–H and O–H groups in total. The number of aromatic nitrogens is 4. The molecule has 0 radical (unpaired) electrons.